The Morgan fingerprint density at radius 1 is 1.26 bits per heavy atom. The summed E-state index contributed by atoms with van der Waals surface area (Å²) in [5.74, 6) is -1.15. The lowest BCUT2D eigenvalue weighted by atomic mass is 10.1. The number of hydrogen-bond donors (Lipinski definition) is 2. The molecule has 0 aliphatic carbocycles. The molecule has 3 rings (SSSR count). The molecule has 31 heavy (non-hydrogen) atoms. The fourth-order valence-corrected chi connectivity index (χ4v) is 3.00. The summed E-state index contributed by atoms with van der Waals surface area (Å²) in [5, 5.41) is 5.33. The first-order chi connectivity index (χ1) is 14.8. The molecule has 0 aromatic heterocycles. The monoisotopic (exact) mass is 445 g/mol. The van der Waals surface area contributed by atoms with E-state index in [2.05, 4.69) is 10.6 Å². The maximum Gasteiger partial charge on any atom is 0.329 e. The van der Waals surface area contributed by atoms with Crippen LogP contribution in [0, 0.1) is 5.82 Å². The Morgan fingerprint density at radius 3 is 2.61 bits per heavy atom. The molecular formula is C22H21ClFN3O4. The highest BCUT2D eigenvalue weighted by Gasteiger charge is 2.34. The standard InChI is InChI=1S/C22H21ClFN3O4/c1-3-13(2)31-19-9-4-14(10-17(19)23)11-18-21(29)27(22(30)26-18)12-20(28)25-16-7-5-15(24)6-8-16/h4-11,13H,3,12H2,1-2H3,(H,25,28)(H,26,30)/b18-11+. The number of nitrogens with zero attached hydrogens (tertiary/aromatic N) is 1. The molecular weight excluding hydrogens is 425 g/mol. The van der Waals surface area contributed by atoms with Crippen molar-refractivity contribution in [3.8, 4) is 5.75 Å². The number of nitrogens with one attached hydrogen (secondary N) is 2. The molecule has 4 amide bonds. The molecule has 1 saturated heterocycles. The number of ether oxygens (including phenoxy) is 1. The van der Waals surface area contributed by atoms with Crippen LogP contribution in [-0.4, -0.2) is 35.4 Å². The zero-order valence-electron chi connectivity index (χ0n) is 16.9. The van der Waals surface area contributed by atoms with Gasteiger partial charge in [-0.15, -0.1) is 0 Å². The Bertz CT molecular complexity index is 1040. The topological polar surface area (TPSA) is 87.7 Å². The Morgan fingerprint density at radius 2 is 1.97 bits per heavy atom. The minimum absolute atomic E-state index is 0.00650. The molecule has 1 fully saturated rings. The van der Waals surface area contributed by atoms with E-state index in [0.717, 1.165) is 11.3 Å². The van der Waals surface area contributed by atoms with Gasteiger partial charge in [0.25, 0.3) is 5.91 Å². The minimum atomic E-state index is -0.715. The summed E-state index contributed by atoms with van der Waals surface area (Å²) in [6.45, 7) is 3.44. The maximum atomic E-state index is 13.0. The number of rotatable bonds is 7. The predicted molar refractivity (Wildman–Crippen MR) is 115 cm³/mol. The first kappa shape index (κ1) is 22.3. The molecule has 0 spiro atoms. The lowest BCUT2D eigenvalue weighted by Gasteiger charge is -2.14. The molecule has 2 aromatic carbocycles. The molecule has 0 bridgehead atoms. The zero-order chi connectivity index (χ0) is 22.5. The minimum Gasteiger partial charge on any atom is -0.489 e. The van der Waals surface area contributed by atoms with E-state index in [9.17, 15) is 18.8 Å². The second kappa shape index (κ2) is 9.61. The number of anilines is 1. The molecule has 0 saturated carbocycles. The van der Waals surface area contributed by atoms with Crippen LogP contribution in [0.1, 0.15) is 25.8 Å². The van der Waals surface area contributed by atoms with E-state index in [1.165, 1.54) is 30.3 Å². The van der Waals surface area contributed by atoms with Crippen LogP contribution in [0.4, 0.5) is 14.9 Å². The van der Waals surface area contributed by atoms with Gasteiger partial charge in [-0.25, -0.2) is 14.1 Å². The van der Waals surface area contributed by atoms with Gasteiger partial charge < -0.3 is 15.4 Å². The van der Waals surface area contributed by atoms with Crippen molar-refractivity contribution in [2.24, 2.45) is 0 Å². The SMILES string of the molecule is CCC(C)Oc1ccc(/C=C2/NC(=O)N(CC(=O)Nc3ccc(F)cc3)C2=O)cc1Cl. The van der Waals surface area contributed by atoms with Gasteiger partial charge in [-0.1, -0.05) is 24.6 Å². The largest absolute Gasteiger partial charge is 0.489 e. The van der Waals surface area contributed by atoms with E-state index in [4.69, 9.17) is 16.3 Å². The van der Waals surface area contributed by atoms with E-state index >= 15 is 0 Å². The van der Waals surface area contributed by atoms with Crippen molar-refractivity contribution in [2.45, 2.75) is 26.4 Å². The van der Waals surface area contributed by atoms with Crippen molar-refractivity contribution in [1.29, 1.82) is 0 Å². The normalized spacial score (nSPS) is 15.7. The van der Waals surface area contributed by atoms with E-state index in [1.807, 2.05) is 13.8 Å². The van der Waals surface area contributed by atoms with E-state index in [-0.39, 0.29) is 11.8 Å². The number of imide groups is 1. The third-order valence-electron chi connectivity index (χ3n) is 4.56. The summed E-state index contributed by atoms with van der Waals surface area (Å²) in [4.78, 5) is 37.7. The summed E-state index contributed by atoms with van der Waals surface area (Å²) in [6.07, 6.45) is 2.30. The fraction of sp³-hybridized carbons (Fsp3) is 0.227. The first-order valence-corrected chi connectivity index (χ1v) is 10.0. The van der Waals surface area contributed by atoms with Gasteiger partial charge in [-0.2, -0.15) is 0 Å². The lowest BCUT2D eigenvalue weighted by Crippen LogP contribution is -2.38. The van der Waals surface area contributed by atoms with Gasteiger partial charge in [0.1, 0.15) is 23.8 Å². The average Bonchev–Trinajstić information content (AvgIpc) is 2.99. The summed E-state index contributed by atoms with van der Waals surface area (Å²) in [7, 11) is 0. The van der Waals surface area contributed by atoms with Crippen molar-refractivity contribution in [1.82, 2.24) is 10.2 Å². The highest BCUT2D eigenvalue weighted by molar-refractivity contribution is 6.32. The van der Waals surface area contributed by atoms with Crippen LogP contribution in [-0.2, 0) is 9.59 Å². The number of carbonyl (C=O) groups is 3. The Balaban J connectivity index is 1.67. The number of hydrogen-bond acceptors (Lipinski definition) is 4. The lowest BCUT2D eigenvalue weighted by molar-refractivity contribution is -0.127. The molecule has 162 valence electrons. The maximum absolute atomic E-state index is 13.0. The van der Waals surface area contributed by atoms with Gasteiger partial charge in [0, 0.05) is 5.69 Å². The summed E-state index contributed by atoms with van der Waals surface area (Å²) >= 11 is 6.25. The van der Waals surface area contributed by atoms with E-state index in [1.54, 1.807) is 18.2 Å². The van der Waals surface area contributed by atoms with Gasteiger partial charge in [-0.3, -0.25) is 9.59 Å². The fourth-order valence-electron chi connectivity index (χ4n) is 2.76. The van der Waals surface area contributed by atoms with Gasteiger partial charge in [0.05, 0.1) is 11.1 Å². The number of halogens is 2. The third kappa shape index (κ3) is 5.61. The van der Waals surface area contributed by atoms with Crippen molar-refractivity contribution >= 4 is 41.2 Å². The molecule has 2 N–H and O–H groups in total. The molecule has 0 radical (unpaired) electrons. The van der Waals surface area contributed by atoms with Crippen LogP contribution < -0.4 is 15.4 Å². The van der Waals surface area contributed by atoms with Crippen LogP contribution in [0.25, 0.3) is 6.08 Å². The second-order valence-electron chi connectivity index (χ2n) is 6.96. The van der Waals surface area contributed by atoms with Crippen molar-refractivity contribution in [3.63, 3.8) is 0 Å². The highest BCUT2D eigenvalue weighted by atomic mass is 35.5. The van der Waals surface area contributed by atoms with Crippen LogP contribution in [0.5, 0.6) is 5.75 Å². The smallest absolute Gasteiger partial charge is 0.329 e. The molecule has 9 heteroatoms. The quantitative estimate of drug-likeness (QED) is 0.494. The van der Waals surface area contributed by atoms with Crippen molar-refractivity contribution in [2.75, 3.05) is 11.9 Å². The van der Waals surface area contributed by atoms with Crippen LogP contribution in [0.2, 0.25) is 5.02 Å². The Labute approximate surface area is 183 Å². The summed E-state index contributed by atoms with van der Waals surface area (Å²) < 4.78 is 18.7. The number of amides is 4. The van der Waals surface area contributed by atoms with Crippen LogP contribution >= 0.6 is 11.6 Å². The number of benzene rings is 2. The molecule has 1 heterocycles. The van der Waals surface area contributed by atoms with Crippen molar-refractivity contribution < 1.29 is 23.5 Å². The second-order valence-corrected chi connectivity index (χ2v) is 7.37. The molecule has 1 aliphatic rings. The predicted octanol–water partition coefficient (Wildman–Crippen LogP) is 4.19. The summed E-state index contributed by atoms with van der Waals surface area (Å²) in [5.41, 5.74) is 0.956. The number of urea groups is 1. The molecule has 7 nitrogen and oxygen atoms in total. The molecule has 1 atom stereocenters. The summed E-state index contributed by atoms with van der Waals surface area (Å²) in [6, 6.07) is 9.44. The average molecular weight is 446 g/mol. The van der Waals surface area contributed by atoms with E-state index in [0.29, 0.717) is 22.0 Å². The highest BCUT2D eigenvalue weighted by Crippen LogP contribution is 2.28. The third-order valence-corrected chi connectivity index (χ3v) is 4.86. The first-order valence-electron chi connectivity index (χ1n) is 9.63. The zero-order valence-corrected chi connectivity index (χ0v) is 17.7. The van der Waals surface area contributed by atoms with Crippen molar-refractivity contribution in [3.05, 3.63) is 64.6 Å². The van der Waals surface area contributed by atoms with Gasteiger partial charge >= 0.3 is 6.03 Å². The van der Waals surface area contributed by atoms with E-state index < -0.39 is 30.2 Å². The molecule has 2 aromatic rings. The number of carbonyl (C=O) groups excluding carboxylic acids is 3. The Kier molecular flexibility index (Phi) is 6.91. The van der Waals surface area contributed by atoms with Gasteiger partial charge in [-0.05, 0) is 61.4 Å². The van der Waals surface area contributed by atoms with Crippen LogP contribution in [0.3, 0.4) is 0 Å². The van der Waals surface area contributed by atoms with Crippen LogP contribution in [0.15, 0.2) is 48.2 Å². The van der Waals surface area contributed by atoms with Gasteiger partial charge in [0.15, 0.2) is 0 Å². The molecule has 1 unspecified atom stereocenters. The Hall–Kier alpha value is -3.39. The van der Waals surface area contributed by atoms with Gasteiger partial charge in [0.2, 0.25) is 5.91 Å². The molecule has 1 aliphatic heterocycles.